The van der Waals surface area contributed by atoms with Crippen LogP contribution in [0.4, 0.5) is 30.6 Å². The van der Waals surface area contributed by atoms with Crippen LogP contribution in [0, 0.1) is 0 Å². The number of hydrogen-bond acceptors (Lipinski definition) is 4. The Balaban J connectivity index is 0.00000380. The van der Waals surface area contributed by atoms with Crippen LogP contribution < -0.4 is 14.7 Å². The average molecular weight is 578 g/mol. The van der Waals surface area contributed by atoms with Gasteiger partial charge in [-0.05, 0) is 49.7 Å². The summed E-state index contributed by atoms with van der Waals surface area (Å²) in [5.41, 5.74) is 2.32. The van der Waals surface area contributed by atoms with E-state index in [9.17, 15) is 18.7 Å². The van der Waals surface area contributed by atoms with Crippen LogP contribution in [0.5, 0.6) is 0 Å². The summed E-state index contributed by atoms with van der Waals surface area (Å²) < 4.78 is 27.0. The van der Waals surface area contributed by atoms with Crippen LogP contribution in [-0.4, -0.2) is 74.4 Å². The molecule has 6 nitrogen and oxygen atoms in total. The number of carbonyl (C=O) groups is 1. The van der Waals surface area contributed by atoms with Gasteiger partial charge in [0.25, 0.3) is 5.92 Å². The molecule has 2 fully saturated rings. The van der Waals surface area contributed by atoms with E-state index < -0.39 is 12.0 Å². The van der Waals surface area contributed by atoms with Crippen molar-refractivity contribution >= 4 is 58.8 Å². The van der Waals surface area contributed by atoms with E-state index in [-0.39, 0.29) is 38.3 Å². The number of hydrogen-bond donors (Lipinski definition) is 1. The molecule has 2 saturated heterocycles. The molecule has 4 rings (SSSR count). The molecule has 2 aliphatic rings. The Morgan fingerprint density at radius 2 is 1.62 bits per heavy atom. The van der Waals surface area contributed by atoms with E-state index in [4.69, 9.17) is 23.2 Å². The molecule has 204 valence electrons. The number of nitrogens with zero attached hydrogens (tertiary/aromatic N) is 4. The first-order valence-electron chi connectivity index (χ1n) is 12.4. The van der Waals surface area contributed by atoms with Crippen LogP contribution in [0.2, 0.25) is 10.0 Å². The third-order valence-electron chi connectivity index (χ3n) is 6.98. The molecule has 0 atom stereocenters. The molecule has 0 saturated carbocycles. The van der Waals surface area contributed by atoms with Crippen LogP contribution in [0.1, 0.15) is 25.7 Å². The van der Waals surface area contributed by atoms with Gasteiger partial charge in [-0.2, -0.15) is 0 Å². The third kappa shape index (κ3) is 7.76. The fourth-order valence-corrected chi connectivity index (χ4v) is 5.25. The zero-order valence-electron chi connectivity index (χ0n) is 20.6. The number of alkyl halides is 2. The fourth-order valence-electron chi connectivity index (χ4n) is 4.84. The molecule has 37 heavy (non-hydrogen) atoms. The van der Waals surface area contributed by atoms with Crippen molar-refractivity contribution in [3.8, 4) is 0 Å². The second-order valence-corrected chi connectivity index (χ2v) is 10.2. The molecule has 0 unspecified atom stereocenters. The maximum atomic E-state index is 13.5. The Labute approximate surface area is 233 Å². The van der Waals surface area contributed by atoms with E-state index in [1.165, 1.54) is 4.90 Å². The van der Waals surface area contributed by atoms with E-state index >= 15 is 0 Å². The van der Waals surface area contributed by atoms with Gasteiger partial charge in [-0.15, -0.1) is 12.4 Å². The largest absolute Gasteiger partial charge is 0.465 e. The number of halogens is 5. The summed E-state index contributed by atoms with van der Waals surface area (Å²) in [5.74, 6) is -2.61. The minimum absolute atomic E-state index is 0. The van der Waals surface area contributed by atoms with Crippen molar-refractivity contribution in [3.63, 3.8) is 0 Å². The Morgan fingerprint density at radius 1 is 0.946 bits per heavy atom. The number of benzene rings is 2. The predicted molar refractivity (Wildman–Crippen MR) is 150 cm³/mol. The SMILES string of the molecule is Cl.O=C(O)N(CCCCN1CCN(c2cccc(Cl)c2Cl)CC1)c1cccc(N2CCC(F)(F)CC2)c1. The van der Waals surface area contributed by atoms with Crippen molar-refractivity contribution in [2.75, 3.05) is 67.1 Å². The van der Waals surface area contributed by atoms with Gasteiger partial charge in [0.1, 0.15) is 0 Å². The van der Waals surface area contributed by atoms with Crippen LogP contribution in [-0.2, 0) is 0 Å². The Bertz CT molecular complexity index is 1040. The van der Waals surface area contributed by atoms with Gasteiger partial charge in [-0.25, -0.2) is 13.6 Å². The van der Waals surface area contributed by atoms with Crippen molar-refractivity contribution in [2.45, 2.75) is 31.6 Å². The average Bonchev–Trinajstić information content (AvgIpc) is 2.86. The standard InChI is InChI=1S/C26H32Cl2F2N4O2.ClH/c27-22-7-4-8-23(24(22)28)33-17-15-31(16-18-33)11-1-2-12-34(25(35)36)21-6-3-5-20(19-21)32-13-9-26(29,30)10-14-32;/h3-8,19H,1-2,9-18H2,(H,35,36);1H. The molecule has 2 heterocycles. The molecule has 1 amide bonds. The van der Waals surface area contributed by atoms with E-state index in [1.807, 2.05) is 23.1 Å². The number of piperidine rings is 1. The summed E-state index contributed by atoms with van der Waals surface area (Å²) in [6, 6.07) is 12.9. The van der Waals surface area contributed by atoms with Crippen molar-refractivity contribution < 1.29 is 18.7 Å². The molecule has 0 aromatic heterocycles. The lowest BCUT2D eigenvalue weighted by Crippen LogP contribution is -2.46. The Morgan fingerprint density at radius 3 is 2.30 bits per heavy atom. The van der Waals surface area contributed by atoms with Crippen molar-refractivity contribution in [3.05, 3.63) is 52.5 Å². The monoisotopic (exact) mass is 576 g/mol. The molecular formula is C26H33Cl3F2N4O2. The second kappa shape index (κ2) is 13.2. The number of carboxylic acid groups (broad SMARTS) is 1. The first-order chi connectivity index (χ1) is 17.2. The highest BCUT2D eigenvalue weighted by atomic mass is 35.5. The van der Waals surface area contributed by atoms with E-state index in [1.54, 1.807) is 24.3 Å². The maximum Gasteiger partial charge on any atom is 0.411 e. The molecule has 0 aliphatic carbocycles. The summed E-state index contributed by atoms with van der Waals surface area (Å²) in [5, 5.41) is 10.9. The van der Waals surface area contributed by atoms with Gasteiger partial charge in [0, 0.05) is 70.0 Å². The molecule has 11 heteroatoms. The zero-order valence-corrected chi connectivity index (χ0v) is 22.9. The molecule has 0 radical (unpaired) electrons. The quantitative estimate of drug-likeness (QED) is 0.352. The van der Waals surface area contributed by atoms with Crippen LogP contribution in [0.25, 0.3) is 0 Å². The smallest absolute Gasteiger partial charge is 0.411 e. The molecule has 2 aromatic rings. The van der Waals surface area contributed by atoms with Crippen LogP contribution >= 0.6 is 35.6 Å². The third-order valence-corrected chi connectivity index (χ3v) is 7.79. The normalized spacial score (nSPS) is 17.8. The van der Waals surface area contributed by atoms with Crippen LogP contribution in [0.3, 0.4) is 0 Å². The summed E-state index contributed by atoms with van der Waals surface area (Å²) in [6.45, 7) is 5.33. The molecule has 0 spiro atoms. The molecule has 2 aliphatic heterocycles. The second-order valence-electron chi connectivity index (χ2n) is 9.41. The number of unbranched alkanes of at least 4 members (excludes halogenated alkanes) is 1. The van der Waals surface area contributed by atoms with Gasteiger partial charge >= 0.3 is 6.09 Å². The summed E-state index contributed by atoms with van der Waals surface area (Å²) in [7, 11) is 0. The maximum absolute atomic E-state index is 13.5. The van der Waals surface area contributed by atoms with Gasteiger partial charge in [0.15, 0.2) is 0 Å². The van der Waals surface area contributed by atoms with Crippen LogP contribution in [0.15, 0.2) is 42.5 Å². The Kier molecular flexibility index (Phi) is 10.5. The molecule has 1 N–H and O–H groups in total. The lowest BCUT2D eigenvalue weighted by Gasteiger charge is -2.36. The number of piperazine rings is 1. The summed E-state index contributed by atoms with van der Waals surface area (Å²) in [6.07, 6.45) is 0.236. The van der Waals surface area contributed by atoms with E-state index in [0.717, 1.165) is 56.9 Å². The lowest BCUT2D eigenvalue weighted by atomic mass is 10.1. The van der Waals surface area contributed by atoms with Gasteiger partial charge in [-0.3, -0.25) is 9.80 Å². The fraction of sp³-hybridized carbons (Fsp3) is 0.500. The van der Waals surface area contributed by atoms with Gasteiger partial charge < -0.3 is 14.9 Å². The van der Waals surface area contributed by atoms with Gasteiger partial charge in [-0.1, -0.05) is 35.3 Å². The predicted octanol–water partition coefficient (Wildman–Crippen LogP) is 6.74. The Hall–Kier alpha value is -2.00. The first-order valence-corrected chi connectivity index (χ1v) is 13.1. The van der Waals surface area contributed by atoms with E-state index in [0.29, 0.717) is 22.3 Å². The highest BCUT2D eigenvalue weighted by Gasteiger charge is 2.34. The highest BCUT2D eigenvalue weighted by Crippen LogP contribution is 2.33. The molecular weight excluding hydrogens is 545 g/mol. The van der Waals surface area contributed by atoms with E-state index in [2.05, 4.69) is 9.80 Å². The highest BCUT2D eigenvalue weighted by molar-refractivity contribution is 6.43. The minimum Gasteiger partial charge on any atom is -0.465 e. The minimum atomic E-state index is -2.61. The molecule has 0 bridgehead atoms. The van der Waals surface area contributed by atoms with Crippen molar-refractivity contribution in [1.82, 2.24) is 4.90 Å². The topological polar surface area (TPSA) is 50.3 Å². The van der Waals surface area contributed by atoms with Gasteiger partial charge in [0.05, 0.1) is 15.7 Å². The van der Waals surface area contributed by atoms with Crippen molar-refractivity contribution in [2.24, 2.45) is 0 Å². The lowest BCUT2D eigenvalue weighted by molar-refractivity contribution is -0.0220. The number of rotatable bonds is 8. The number of anilines is 3. The van der Waals surface area contributed by atoms with Gasteiger partial charge in [0.2, 0.25) is 0 Å². The number of amides is 1. The first kappa shape index (κ1) is 29.6. The zero-order chi connectivity index (χ0) is 25.7. The molecule has 2 aromatic carbocycles. The summed E-state index contributed by atoms with van der Waals surface area (Å²) >= 11 is 12.5. The summed E-state index contributed by atoms with van der Waals surface area (Å²) in [4.78, 5) is 19.8. The van der Waals surface area contributed by atoms with Crippen molar-refractivity contribution in [1.29, 1.82) is 0 Å².